The van der Waals surface area contributed by atoms with Crippen LogP contribution in [0.2, 0.25) is 0 Å². The number of carbonyl (C=O) groups is 1. The van der Waals surface area contributed by atoms with Crippen molar-refractivity contribution in [1.82, 2.24) is 4.90 Å². The molecule has 1 amide bonds. The van der Waals surface area contributed by atoms with Crippen molar-refractivity contribution in [2.75, 3.05) is 13.6 Å². The number of halogens is 1. The van der Waals surface area contributed by atoms with E-state index in [1.165, 1.54) is 12.8 Å². The van der Waals surface area contributed by atoms with Crippen molar-refractivity contribution in [2.45, 2.75) is 25.8 Å². The molecule has 4 heteroatoms. The van der Waals surface area contributed by atoms with Gasteiger partial charge in [0.25, 0.3) is 5.91 Å². The molecule has 1 aromatic carbocycles. The number of carbonyl (C=O) groups excluding carboxylic acids is 1. The van der Waals surface area contributed by atoms with Gasteiger partial charge in [-0.1, -0.05) is 12.1 Å². The van der Waals surface area contributed by atoms with E-state index in [1.54, 1.807) is 4.90 Å². The molecular formula is C14H19BrN2O. The third kappa shape index (κ3) is 2.59. The molecule has 0 saturated heterocycles. The van der Waals surface area contributed by atoms with Crippen LogP contribution < -0.4 is 5.73 Å². The Bertz CT molecular complexity index is 457. The molecule has 0 radical (unpaired) electrons. The van der Waals surface area contributed by atoms with Gasteiger partial charge in [0.05, 0.1) is 5.56 Å². The maximum atomic E-state index is 12.5. The second-order valence-electron chi connectivity index (χ2n) is 4.99. The molecule has 1 fully saturated rings. The molecule has 0 aliphatic heterocycles. The summed E-state index contributed by atoms with van der Waals surface area (Å²) in [6.45, 7) is 2.53. The second kappa shape index (κ2) is 5.41. The number of benzene rings is 1. The molecule has 1 saturated carbocycles. The molecule has 18 heavy (non-hydrogen) atoms. The minimum Gasteiger partial charge on any atom is -0.337 e. The molecule has 1 atom stereocenters. The molecule has 0 heterocycles. The molecule has 3 nitrogen and oxygen atoms in total. The highest BCUT2D eigenvalue weighted by Crippen LogP contribution is 2.35. The highest BCUT2D eigenvalue weighted by Gasteiger charge is 2.35. The zero-order chi connectivity index (χ0) is 13.3. The number of aryl methyl sites for hydroxylation is 1. The molecule has 0 spiro atoms. The van der Waals surface area contributed by atoms with Crippen LogP contribution in [0.4, 0.5) is 0 Å². The van der Waals surface area contributed by atoms with E-state index in [0.717, 1.165) is 15.6 Å². The summed E-state index contributed by atoms with van der Waals surface area (Å²) < 4.78 is 0.883. The molecule has 2 N–H and O–H groups in total. The first kappa shape index (κ1) is 13.6. The van der Waals surface area contributed by atoms with E-state index < -0.39 is 0 Å². The van der Waals surface area contributed by atoms with Gasteiger partial charge in [0.15, 0.2) is 0 Å². The predicted molar refractivity (Wildman–Crippen MR) is 76.5 cm³/mol. The summed E-state index contributed by atoms with van der Waals surface area (Å²) in [5.74, 6) is 0.639. The maximum Gasteiger partial charge on any atom is 0.255 e. The van der Waals surface area contributed by atoms with Gasteiger partial charge in [0.1, 0.15) is 0 Å². The highest BCUT2D eigenvalue weighted by atomic mass is 79.9. The largest absolute Gasteiger partial charge is 0.337 e. The molecule has 1 aliphatic carbocycles. The van der Waals surface area contributed by atoms with Crippen LogP contribution in [-0.4, -0.2) is 30.4 Å². The van der Waals surface area contributed by atoms with Crippen LogP contribution in [-0.2, 0) is 0 Å². The van der Waals surface area contributed by atoms with E-state index in [1.807, 2.05) is 32.2 Å². The molecule has 1 unspecified atom stereocenters. The number of hydrogen-bond donors (Lipinski definition) is 1. The van der Waals surface area contributed by atoms with Crippen molar-refractivity contribution in [3.63, 3.8) is 0 Å². The van der Waals surface area contributed by atoms with E-state index in [-0.39, 0.29) is 11.9 Å². The average Bonchev–Trinajstić information content (AvgIpc) is 3.17. The van der Waals surface area contributed by atoms with Gasteiger partial charge in [-0.2, -0.15) is 0 Å². The van der Waals surface area contributed by atoms with Gasteiger partial charge in [-0.3, -0.25) is 4.79 Å². The van der Waals surface area contributed by atoms with E-state index in [4.69, 9.17) is 5.73 Å². The summed E-state index contributed by atoms with van der Waals surface area (Å²) in [4.78, 5) is 14.3. The quantitative estimate of drug-likeness (QED) is 0.929. The Labute approximate surface area is 116 Å². The van der Waals surface area contributed by atoms with Gasteiger partial charge in [-0.15, -0.1) is 0 Å². The lowest BCUT2D eigenvalue weighted by molar-refractivity contribution is 0.0717. The summed E-state index contributed by atoms with van der Waals surface area (Å²) in [6, 6.07) is 5.93. The van der Waals surface area contributed by atoms with Gasteiger partial charge < -0.3 is 10.6 Å². The summed E-state index contributed by atoms with van der Waals surface area (Å²) in [7, 11) is 1.85. The van der Waals surface area contributed by atoms with E-state index in [9.17, 15) is 4.79 Å². The lowest BCUT2D eigenvalue weighted by Crippen LogP contribution is -2.43. The van der Waals surface area contributed by atoms with Gasteiger partial charge in [0, 0.05) is 24.1 Å². The number of amides is 1. The van der Waals surface area contributed by atoms with Crippen molar-refractivity contribution in [2.24, 2.45) is 11.7 Å². The van der Waals surface area contributed by atoms with Gasteiger partial charge in [0.2, 0.25) is 0 Å². The summed E-state index contributed by atoms with van der Waals surface area (Å²) >= 11 is 3.49. The lowest BCUT2D eigenvalue weighted by Gasteiger charge is -2.27. The molecular weight excluding hydrogens is 292 g/mol. The van der Waals surface area contributed by atoms with Gasteiger partial charge >= 0.3 is 0 Å². The number of nitrogens with zero attached hydrogens (tertiary/aromatic N) is 1. The van der Waals surface area contributed by atoms with Crippen LogP contribution in [0.25, 0.3) is 0 Å². The van der Waals surface area contributed by atoms with Crippen molar-refractivity contribution >= 4 is 21.8 Å². The molecule has 98 valence electrons. The SMILES string of the molecule is Cc1cccc(C(=O)N(C)C(CN)C2CC2)c1Br. The number of hydrogen-bond acceptors (Lipinski definition) is 2. The first-order chi connectivity index (χ1) is 8.56. The molecule has 1 aliphatic rings. The van der Waals surface area contributed by atoms with Crippen molar-refractivity contribution in [1.29, 1.82) is 0 Å². The predicted octanol–water partition coefficient (Wildman–Crippen LogP) is 2.57. The minimum absolute atomic E-state index is 0.0490. The van der Waals surface area contributed by atoms with Gasteiger partial charge in [-0.05, 0) is 53.2 Å². The summed E-state index contributed by atoms with van der Waals surface area (Å²) in [6.07, 6.45) is 2.38. The van der Waals surface area contributed by atoms with Crippen LogP contribution in [0.3, 0.4) is 0 Å². The Hall–Kier alpha value is -0.870. The second-order valence-corrected chi connectivity index (χ2v) is 5.79. The fraction of sp³-hybridized carbons (Fsp3) is 0.500. The fourth-order valence-corrected chi connectivity index (χ4v) is 2.73. The van der Waals surface area contributed by atoms with Gasteiger partial charge in [-0.25, -0.2) is 0 Å². The Morgan fingerprint density at radius 1 is 1.56 bits per heavy atom. The van der Waals surface area contributed by atoms with Crippen LogP contribution >= 0.6 is 15.9 Å². The lowest BCUT2D eigenvalue weighted by atomic mass is 10.1. The Kier molecular flexibility index (Phi) is 4.07. The van der Waals surface area contributed by atoms with Crippen molar-refractivity contribution in [3.8, 4) is 0 Å². The fourth-order valence-electron chi connectivity index (χ4n) is 2.30. The summed E-state index contributed by atoms with van der Waals surface area (Å²) in [5, 5.41) is 0. The molecule has 0 bridgehead atoms. The monoisotopic (exact) mass is 310 g/mol. The number of nitrogens with two attached hydrogens (primary N) is 1. The Balaban J connectivity index is 2.22. The summed E-state index contributed by atoms with van der Waals surface area (Å²) in [5.41, 5.74) is 7.59. The number of rotatable bonds is 4. The van der Waals surface area contributed by atoms with Crippen LogP contribution in [0.1, 0.15) is 28.8 Å². The normalized spacial score (nSPS) is 16.4. The van der Waals surface area contributed by atoms with E-state index >= 15 is 0 Å². The van der Waals surface area contributed by atoms with Crippen LogP contribution in [0, 0.1) is 12.8 Å². The van der Waals surface area contributed by atoms with Crippen molar-refractivity contribution in [3.05, 3.63) is 33.8 Å². The average molecular weight is 311 g/mol. The standard InChI is InChI=1S/C14H19BrN2O/c1-9-4-3-5-11(13(9)15)14(18)17(2)12(8-16)10-6-7-10/h3-5,10,12H,6-8,16H2,1-2H3. The zero-order valence-electron chi connectivity index (χ0n) is 10.8. The van der Waals surface area contributed by atoms with E-state index in [2.05, 4.69) is 15.9 Å². The topological polar surface area (TPSA) is 46.3 Å². The Morgan fingerprint density at radius 2 is 2.22 bits per heavy atom. The van der Waals surface area contributed by atoms with Crippen LogP contribution in [0.5, 0.6) is 0 Å². The molecule has 1 aromatic rings. The highest BCUT2D eigenvalue weighted by molar-refractivity contribution is 9.10. The maximum absolute atomic E-state index is 12.5. The third-order valence-electron chi connectivity index (χ3n) is 3.65. The first-order valence-corrected chi connectivity index (χ1v) is 7.08. The van der Waals surface area contributed by atoms with Crippen LogP contribution in [0.15, 0.2) is 22.7 Å². The zero-order valence-corrected chi connectivity index (χ0v) is 12.4. The smallest absolute Gasteiger partial charge is 0.255 e. The van der Waals surface area contributed by atoms with Crippen molar-refractivity contribution < 1.29 is 4.79 Å². The Morgan fingerprint density at radius 3 is 2.78 bits per heavy atom. The third-order valence-corrected chi connectivity index (χ3v) is 4.70. The minimum atomic E-state index is 0.0490. The molecule has 2 rings (SSSR count). The van der Waals surface area contributed by atoms with E-state index in [0.29, 0.717) is 12.5 Å². The molecule has 0 aromatic heterocycles. The first-order valence-electron chi connectivity index (χ1n) is 6.28. The number of likely N-dealkylation sites (N-methyl/N-ethyl adjacent to an activating group) is 1.